The van der Waals surface area contributed by atoms with Gasteiger partial charge in [-0.3, -0.25) is 4.79 Å². The number of amides is 1. The van der Waals surface area contributed by atoms with Crippen molar-refractivity contribution in [2.75, 3.05) is 42.9 Å². The molecule has 3 aliphatic heterocycles. The summed E-state index contributed by atoms with van der Waals surface area (Å²) in [4.78, 5) is 32.3. The molecule has 2 aromatic rings. The molecule has 0 radical (unpaired) electrons. The number of hydrogen-bond acceptors (Lipinski definition) is 8. The lowest BCUT2D eigenvalue weighted by Crippen LogP contribution is -2.33. The Morgan fingerprint density at radius 3 is 2.53 bits per heavy atom. The Balaban J connectivity index is 0.00000320. The van der Waals surface area contributed by atoms with E-state index in [0.717, 1.165) is 60.5 Å². The van der Waals surface area contributed by atoms with Crippen molar-refractivity contribution in [1.82, 2.24) is 20.2 Å². The largest absolute Gasteiger partial charge is 0.383 e. The number of nitrogens with one attached hydrogen (secondary N) is 2. The number of hydrogen-bond donors (Lipinski definition) is 2. The van der Waals surface area contributed by atoms with Crippen molar-refractivity contribution in [3.63, 3.8) is 0 Å². The molecular formula is C27H37N7OS. The average molecular weight is 508 g/mol. The predicted molar refractivity (Wildman–Crippen MR) is 148 cm³/mol. The van der Waals surface area contributed by atoms with Crippen molar-refractivity contribution in [2.45, 2.75) is 50.2 Å². The number of aromatic nitrogens is 2. The molecule has 1 aromatic heterocycles. The standard InChI is InChI=1S/C27H35N7OS.H2/c1-5-26(35)30-21-6-8-23(9-7-21)36-27-31-24(29-22-10-18(4)28-12-22)11-25(32-27)34-15-19-13-33(17(2)3)14-20(19)16-34;/h6-11,17,19-20,28H,5,12-16H2,1-4H3,(H,30,35);1H. The van der Waals surface area contributed by atoms with Crippen LogP contribution in [0.15, 0.2) is 57.1 Å². The summed E-state index contributed by atoms with van der Waals surface area (Å²) < 4.78 is 0. The summed E-state index contributed by atoms with van der Waals surface area (Å²) in [5.41, 5.74) is 2.90. The number of carbonyl (C=O) groups is 1. The molecule has 0 bridgehead atoms. The monoisotopic (exact) mass is 507 g/mol. The van der Waals surface area contributed by atoms with Crippen molar-refractivity contribution in [3.8, 4) is 0 Å². The number of aliphatic imine (C=N–C) groups is 1. The van der Waals surface area contributed by atoms with Gasteiger partial charge >= 0.3 is 0 Å². The van der Waals surface area contributed by atoms with E-state index in [1.807, 2.05) is 44.2 Å². The van der Waals surface area contributed by atoms with Gasteiger partial charge in [0.05, 0.1) is 12.3 Å². The van der Waals surface area contributed by atoms with E-state index in [0.29, 0.717) is 35.3 Å². The third kappa shape index (κ3) is 5.73. The lowest BCUT2D eigenvalue weighted by molar-refractivity contribution is -0.115. The van der Waals surface area contributed by atoms with Crippen LogP contribution in [0.5, 0.6) is 0 Å². The van der Waals surface area contributed by atoms with Crippen LogP contribution in [0.4, 0.5) is 17.3 Å². The molecule has 192 valence electrons. The number of benzene rings is 1. The zero-order valence-corrected chi connectivity index (χ0v) is 22.3. The SMILES string of the molecule is CCC(=O)Nc1ccc(Sc2nc(N=C3C=C(C)NC3)cc(N3CC4CN(C(C)C)CC4C3)n2)cc1.[HH]. The average Bonchev–Trinajstić information content (AvgIpc) is 3.55. The van der Waals surface area contributed by atoms with Crippen molar-refractivity contribution >= 4 is 40.7 Å². The topological polar surface area (TPSA) is 85.7 Å². The molecule has 3 aliphatic rings. The molecule has 2 unspecified atom stereocenters. The first-order valence-electron chi connectivity index (χ1n) is 12.8. The molecule has 0 spiro atoms. The van der Waals surface area contributed by atoms with Gasteiger partial charge in [-0.15, -0.1) is 0 Å². The van der Waals surface area contributed by atoms with E-state index in [1.165, 1.54) is 11.8 Å². The zero-order valence-electron chi connectivity index (χ0n) is 21.5. The third-order valence-electron chi connectivity index (χ3n) is 7.11. The smallest absolute Gasteiger partial charge is 0.224 e. The number of likely N-dealkylation sites (tertiary alicyclic amines) is 1. The maximum Gasteiger partial charge on any atom is 0.224 e. The number of rotatable bonds is 7. The van der Waals surface area contributed by atoms with E-state index in [4.69, 9.17) is 15.0 Å². The van der Waals surface area contributed by atoms with Crippen LogP contribution in [0.2, 0.25) is 0 Å². The fourth-order valence-corrected chi connectivity index (χ4v) is 5.83. The van der Waals surface area contributed by atoms with E-state index in [1.54, 1.807) is 0 Å². The van der Waals surface area contributed by atoms with Crippen LogP contribution >= 0.6 is 11.8 Å². The second-order valence-corrected chi connectivity index (χ2v) is 11.2. The summed E-state index contributed by atoms with van der Waals surface area (Å²) in [5.74, 6) is 3.02. The Bertz CT molecular complexity index is 1170. The molecule has 1 amide bonds. The van der Waals surface area contributed by atoms with Crippen molar-refractivity contribution in [2.24, 2.45) is 16.8 Å². The van der Waals surface area contributed by atoms with Gasteiger partial charge in [-0.25, -0.2) is 15.0 Å². The lowest BCUT2D eigenvalue weighted by Gasteiger charge is -2.25. The number of carbonyl (C=O) groups excluding carboxylic acids is 1. The molecule has 2 atom stereocenters. The Morgan fingerprint density at radius 1 is 1.19 bits per heavy atom. The first kappa shape index (κ1) is 24.8. The first-order valence-corrected chi connectivity index (χ1v) is 13.6. The van der Waals surface area contributed by atoms with Crippen LogP contribution in [-0.4, -0.2) is 65.3 Å². The lowest BCUT2D eigenvalue weighted by atomic mass is 10.0. The molecule has 0 saturated carbocycles. The van der Waals surface area contributed by atoms with Gasteiger partial charge in [0.15, 0.2) is 11.0 Å². The highest BCUT2D eigenvalue weighted by atomic mass is 32.2. The van der Waals surface area contributed by atoms with E-state index >= 15 is 0 Å². The summed E-state index contributed by atoms with van der Waals surface area (Å²) in [6.45, 7) is 13.6. The van der Waals surface area contributed by atoms with E-state index in [-0.39, 0.29) is 7.33 Å². The van der Waals surface area contributed by atoms with Crippen molar-refractivity contribution < 1.29 is 6.22 Å². The molecule has 9 heteroatoms. The summed E-state index contributed by atoms with van der Waals surface area (Å²) in [6.07, 6.45) is 2.53. The van der Waals surface area contributed by atoms with Gasteiger partial charge in [-0.2, -0.15) is 0 Å². The summed E-state index contributed by atoms with van der Waals surface area (Å²) in [6, 6.07) is 10.5. The third-order valence-corrected chi connectivity index (χ3v) is 7.98. The molecule has 36 heavy (non-hydrogen) atoms. The summed E-state index contributed by atoms with van der Waals surface area (Å²) in [5, 5.41) is 6.89. The Labute approximate surface area is 219 Å². The Morgan fingerprint density at radius 2 is 1.92 bits per heavy atom. The van der Waals surface area contributed by atoms with E-state index < -0.39 is 0 Å². The first-order chi connectivity index (χ1) is 17.4. The molecule has 4 heterocycles. The highest BCUT2D eigenvalue weighted by molar-refractivity contribution is 7.99. The fourth-order valence-electron chi connectivity index (χ4n) is 5.07. The minimum atomic E-state index is 0. The highest BCUT2D eigenvalue weighted by Gasteiger charge is 2.41. The van der Waals surface area contributed by atoms with Gasteiger partial charge in [0.25, 0.3) is 0 Å². The van der Waals surface area contributed by atoms with Gasteiger partial charge in [0.2, 0.25) is 5.91 Å². The van der Waals surface area contributed by atoms with Gasteiger partial charge in [-0.1, -0.05) is 6.92 Å². The van der Waals surface area contributed by atoms with Crippen LogP contribution in [0.1, 0.15) is 35.5 Å². The fraction of sp³-hybridized carbons (Fsp3) is 0.481. The van der Waals surface area contributed by atoms with Crippen LogP contribution < -0.4 is 15.5 Å². The maximum atomic E-state index is 11.7. The van der Waals surface area contributed by atoms with Crippen molar-refractivity contribution in [1.29, 1.82) is 0 Å². The van der Waals surface area contributed by atoms with Crippen LogP contribution in [0.3, 0.4) is 0 Å². The predicted octanol–water partition coefficient (Wildman–Crippen LogP) is 4.58. The normalized spacial score (nSPS) is 22.8. The zero-order chi connectivity index (χ0) is 25.2. The number of allylic oxidation sites excluding steroid dienone is 1. The number of anilines is 2. The van der Waals surface area contributed by atoms with Gasteiger partial charge in [0, 0.05) is 62.4 Å². The number of fused-ring (bicyclic) bond motifs is 1. The maximum absolute atomic E-state index is 11.7. The second kappa shape index (κ2) is 10.6. The molecule has 0 aliphatic carbocycles. The Hall–Kier alpha value is -2.91. The highest BCUT2D eigenvalue weighted by Crippen LogP contribution is 2.36. The van der Waals surface area contributed by atoms with Gasteiger partial charge in [0.1, 0.15) is 5.82 Å². The molecular weight excluding hydrogens is 470 g/mol. The molecule has 8 nitrogen and oxygen atoms in total. The van der Waals surface area contributed by atoms with Crippen molar-refractivity contribution in [3.05, 3.63) is 42.1 Å². The minimum absolute atomic E-state index is 0. The molecule has 2 saturated heterocycles. The summed E-state index contributed by atoms with van der Waals surface area (Å²) >= 11 is 1.52. The van der Waals surface area contributed by atoms with Crippen LogP contribution in [-0.2, 0) is 4.79 Å². The van der Waals surface area contributed by atoms with Gasteiger partial charge < -0.3 is 20.4 Å². The molecule has 1 aromatic carbocycles. The van der Waals surface area contributed by atoms with E-state index in [2.05, 4.69) is 40.4 Å². The van der Waals surface area contributed by atoms with Gasteiger partial charge in [-0.05, 0) is 74.7 Å². The minimum Gasteiger partial charge on any atom is -0.383 e. The van der Waals surface area contributed by atoms with Crippen LogP contribution in [0.25, 0.3) is 0 Å². The number of nitrogens with zero attached hydrogens (tertiary/aromatic N) is 5. The Kier molecular flexibility index (Phi) is 7.29. The second-order valence-electron chi connectivity index (χ2n) is 10.2. The quantitative estimate of drug-likeness (QED) is 0.531. The van der Waals surface area contributed by atoms with Crippen LogP contribution in [0, 0.1) is 11.8 Å². The summed E-state index contributed by atoms with van der Waals surface area (Å²) in [7, 11) is 0. The molecule has 2 fully saturated rings. The molecule has 5 rings (SSSR count). The molecule has 2 N–H and O–H groups in total. The van der Waals surface area contributed by atoms with E-state index in [9.17, 15) is 4.79 Å².